The van der Waals surface area contributed by atoms with Gasteiger partial charge < -0.3 is 10.1 Å². The van der Waals surface area contributed by atoms with E-state index >= 15 is 0 Å². The molecule has 0 bridgehead atoms. The van der Waals surface area contributed by atoms with Gasteiger partial charge in [0.2, 0.25) is 0 Å². The summed E-state index contributed by atoms with van der Waals surface area (Å²) in [7, 11) is 0. The zero-order chi connectivity index (χ0) is 13.6. The Bertz CT molecular complexity index is 397. The molecule has 0 atom stereocenters. The van der Waals surface area contributed by atoms with Gasteiger partial charge >= 0.3 is 5.97 Å². The maximum atomic E-state index is 11.6. The van der Waals surface area contributed by atoms with Crippen LogP contribution in [0.4, 0.5) is 0 Å². The summed E-state index contributed by atoms with van der Waals surface area (Å²) in [6.45, 7) is 3.20. The summed E-state index contributed by atoms with van der Waals surface area (Å²) >= 11 is 0. The first-order chi connectivity index (χ1) is 8.47. The van der Waals surface area contributed by atoms with Crippen molar-refractivity contribution in [1.29, 1.82) is 5.26 Å². The Morgan fingerprint density at radius 3 is 2.50 bits per heavy atom. The molecular weight excluding hydrogens is 232 g/mol. The topological polar surface area (TPSA) is 79.2 Å². The lowest BCUT2D eigenvalue weighted by Crippen LogP contribution is -2.46. The van der Waals surface area contributed by atoms with Crippen molar-refractivity contribution in [3.05, 3.63) is 11.6 Å². The van der Waals surface area contributed by atoms with Crippen LogP contribution >= 0.6 is 0 Å². The zero-order valence-electron chi connectivity index (χ0n) is 10.8. The van der Waals surface area contributed by atoms with E-state index in [-0.39, 0.29) is 6.61 Å². The SMILES string of the molecule is CC(C)=CC(=O)OCC(=O)NC1(C#N)CCCC1. The normalized spacial score (nSPS) is 16.5. The number of nitrogens with zero attached hydrogens (tertiary/aromatic N) is 1. The largest absolute Gasteiger partial charge is 0.452 e. The third-order valence-electron chi connectivity index (χ3n) is 2.80. The van der Waals surface area contributed by atoms with Gasteiger partial charge in [-0.3, -0.25) is 4.79 Å². The van der Waals surface area contributed by atoms with Gasteiger partial charge in [-0.1, -0.05) is 5.57 Å². The minimum atomic E-state index is -0.764. The minimum absolute atomic E-state index is 0.341. The number of nitrogens with one attached hydrogen (secondary N) is 1. The first-order valence-electron chi connectivity index (χ1n) is 6.01. The third-order valence-corrected chi connectivity index (χ3v) is 2.80. The lowest BCUT2D eigenvalue weighted by molar-refractivity contribution is -0.144. The number of ether oxygens (including phenoxy) is 1. The molecule has 0 aromatic carbocycles. The Morgan fingerprint density at radius 2 is 2.00 bits per heavy atom. The summed E-state index contributed by atoms with van der Waals surface area (Å²) in [5.74, 6) is -0.962. The number of allylic oxidation sites excluding steroid dienone is 1. The fraction of sp³-hybridized carbons (Fsp3) is 0.615. The van der Waals surface area contributed by atoms with Gasteiger partial charge in [0, 0.05) is 6.08 Å². The molecule has 0 aliphatic heterocycles. The van der Waals surface area contributed by atoms with Crippen molar-refractivity contribution < 1.29 is 14.3 Å². The highest BCUT2D eigenvalue weighted by Crippen LogP contribution is 2.28. The van der Waals surface area contributed by atoms with Crippen LogP contribution in [-0.2, 0) is 14.3 Å². The summed E-state index contributed by atoms with van der Waals surface area (Å²) < 4.78 is 4.78. The standard InChI is InChI=1S/C13H18N2O3/c1-10(2)7-12(17)18-8-11(16)15-13(9-14)5-3-4-6-13/h7H,3-6,8H2,1-2H3,(H,15,16). The molecule has 0 unspecified atom stereocenters. The molecule has 5 heteroatoms. The number of nitriles is 1. The van der Waals surface area contributed by atoms with E-state index in [2.05, 4.69) is 11.4 Å². The lowest BCUT2D eigenvalue weighted by atomic mass is 10.00. The van der Waals surface area contributed by atoms with E-state index in [1.54, 1.807) is 13.8 Å². The van der Waals surface area contributed by atoms with Gasteiger partial charge in [-0.05, 0) is 39.5 Å². The van der Waals surface area contributed by atoms with Crippen molar-refractivity contribution in [2.75, 3.05) is 6.61 Å². The fourth-order valence-electron chi connectivity index (χ4n) is 1.96. The lowest BCUT2D eigenvalue weighted by Gasteiger charge is -2.21. The van der Waals surface area contributed by atoms with Crippen molar-refractivity contribution in [2.24, 2.45) is 0 Å². The predicted molar refractivity (Wildman–Crippen MR) is 65.3 cm³/mol. The molecule has 1 aliphatic rings. The molecular formula is C13H18N2O3. The molecule has 1 fully saturated rings. The summed E-state index contributed by atoms with van der Waals surface area (Å²) in [5, 5.41) is 11.7. The quantitative estimate of drug-likeness (QED) is 0.605. The average Bonchev–Trinajstić information content (AvgIpc) is 2.75. The predicted octanol–water partition coefficient (Wildman–Crippen LogP) is 1.45. The third kappa shape index (κ3) is 4.21. The Balaban J connectivity index is 2.41. The molecule has 18 heavy (non-hydrogen) atoms. The Morgan fingerprint density at radius 1 is 1.39 bits per heavy atom. The van der Waals surface area contributed by atoms with Crippen LogP contribution in [0.25, 0.3) is 0 Å². The molecule has 0 saturated heterocycles. The number of hydrogen-bond acceptors (Lipinski definition) is 4. The van der Waals surface area contributed by atoms with Crippen molar-refractivity contribution in [2.45, 2.75) is 45.1 Å². The van der Waals surface area contributed by atoms with E-state index in [0.717, 1.165) is 18.4 Å². The van der Waals surface area contributed by atoms with Crippen LogP contribution in [0.5, 0.6) is 0 Å². The van der Waals surface area contributed by atoms with E-state index in [4.69, 9.17) is 10.00 Å². The zero-order valence-corrected chi connectivity index (χ0v) is 10.8. The van der Waals surface area contributed by atoms with Crippen LogP contribution in [-0.4, -0.2) is 24.0 Å². The van der Waals surface area contributed by atoms with Crippen LogP contribution in [0.1, 0.15) is 39.5 Å². The van der Waals surface area contributed by atoms with E-state index < -0.39 is 17.4 Å². The van der Waals surface area contributed by atoms with Crippen molar-refractivity contribution in [3.63, 3.8) is 0 Å². The van der Waals surface area contributed by atoms with E-state index in [1.807, 2.05) is 0 Å². The maximum absolute atomic E-state index is 11.6. The van der Waals surface area contributed by atoms with Crippen molar-refractivity contribution in [3.8, 4) is 6.07 Å². The molecule has 0 aromatic rings. The Kier molecular flexibility index (Phi) is 4.90. The van der Waals surface area contributed by atoms with Crippen LogP contribution in [0, 0.1) is 11.3 Å². The van der Waals surface area contributed by atoms with Gasteiger partial charge in [-0.15, -0.1) is 0 Å². The van der Waals surface area contributed by atoms with Gasteiger partial charge in [0.25, 0.3) is 5.91 Å². The van der Waals surface area contributed by atoms with Crippen molar-refractivity contribution >= 4 is 11.9 Å². The second-order valence-electron chi connectivity index (χ2n) is 4.78. The second kappa shape index (κ2) is 6.20. The molecule has 1 aliphatic carbocycles. The maximum Gasteiger partial charge on any atom is 0.331 e. The molecule has 0 radical (unpaired) electrons. The first-order valence-corrected chi connectivity index (χ1v) is 6.01. The van der Waals surface area contributed by atoms with Gasteiger partial charge in [0.05, 0.1) is 6.07 Å². The monoisotopic (exact) mass is 250 g/mol. The summed E-state index contributed by atoms with van der Waals surface area (Å²) in [4.78, 5) is 22.8. The van der Waals surface area contributed by atoms with Crippen molar-refractivity contribution in [1.82, 2.24) is 5.32 Å². The van der Waals surface area contributed by atoms with Gasteiger partial charge in [0.15, 0.2) is 6.61 Å². The Labute approximate surface area is 107 Å². The molecule has 5 nitrogen and oxygen atoms in total. The van der Waals surface area contributed by atoms with Crippen LogP contribution < -0.4 is 5.32 Å². The highest BCUT2D eigenvalue weighted by molar-refractivity contribution is 5.86. The molecule has 0 spiro atoms. The highest BCUT2D eigenvalue weighted by atomic mass is 16.5. The number of carbonyl (C=O) groups is 2. The minimum Gasteiger partial charge on any atom is -0.452 e. The molecule has 1 rings (SSSR count). The van der Waals surface area contributed by atoms with Crippen LogP contribution in [0.15, 0.2) is 11.6 Å². The van der Waals surface area contributed by atoms with Gasteiger partial charge in [0.1, 0.15) is 5.54 Å². The van der Waals surface area contributed by atoms with Gasteiger partial charge in [-0.2, -0.15) is 5.26 Å². The fourth-order valence-corrected chi connectivity index (χ4v) is 1.96. The molecule has 0 aromatic heterocycles. The summed E-state index contributed by atoms with van der Waals surface area (Å²) in [5.41, 5.74) is 0.0460. The summed E-state index contributed by atoms with van der Waals surface area (Å²) in [6.07, 6.45) is 4.52. The second-order valence-corrected chi connectivity index (χ2v) is 4.78. The van der Waals surface area contributed by atoms with Crippen LogP contribution in [0.3, 0.4) is 0 Å². The summed E-state index contributed by atoms with van der Waals surface area (Å²) in [6, 6.07) is 2.14. The number of rotatable bonds is 4. The van der Waals surface area contributed by atoms with E-state index in [9.17, 15) is 9.59 Å². The molecule has 1 amide bonds. The molecule has 1 N–H and O–H groups in total. The molecule has 0 heterocycles. The average molecular weight is 250 g/mol. The Hall–Kier alpha value is -1.83. The molecule has 1 saturated carbocycles. The number of esters is 1. The first kappa shape index (κ1) is 14.2. The number of amides is 1. The number of hydrogen-bond donors (Lipinski definition) is 1. The highest BCUT2D eigenvalue weighted by Gasteiger charge is 2.35. The smallest absolute Gasteiger partial charge is 0.331 e. The van der Waals surface area contributed by atoms with E-state index in [1.165, 1.54) is 6.08 Å². The molecule has 98 valence electrons. The van der Waals surface area contributed by atoms with Crippen LogP contribution in [0.2, 0.25) is 0 Å². The number of carbonyl (C=O) groups excluding carboxylic acids is 2. The van der Waals surface area contributed by atoms with E-state index in [0.29, 0.717) is 12.8 Å². The van der Waals surface area contributed by atoms with Gasteiger partial charge in [-0.25, -0.2) is 4.79 Å².